The molecule has 1 aromatic rings. The van der Waals surface area contributed by atoms with Crippen LogP contribution in [-0.4, -0.2) is 23.6 Å². The molecule has 1 aromatic carbocycles. The average Bonchev–Trinajstić information content (AvgIpc) is 2.54. The van der Waals surface area contributed by atoms with Crippen molar-refractivity contribution in [3.63, 3.8) is 0 Å². The highest BCUT2D eigenvalue weighted by Gasteiger charge is 2.22. The number of hydrogen-bond donors (Lipinski definition) is 4. The van der Waals surface area contributed by atoms with Crippen LogP contribution in [0, 0.1) is 0 Å². The number of nitrogens with two attached hydrogens (primary N) is 4. The molecule has 0 aliphatic rings. The summed E-state index contributed by atoms with van der Waals surface area (Å²) in [4.78, 5) is 45.4. The van der Waals surface area contributed by atoms with Gasteiger partial charge in [-0.1, -0.05) is 24.3 Å². The summed E-state index contributed by atoms with van der Waals surface area (Å²) in [5.74, 6) is -3.09. The number of rotatable bonds is 12. The molecule has 0 aromatic heterocycles. The Morgan fingerprint density at radius 2 is 1.12 bits per heavy atom. The summed E-state index contributed by atoms with van der Waals surface area (Å²) < 4.78 is 0. The Labute approximate surface area is 152 Å². The Balaban J connectivity index is 2.96. The van der Waals surface area contributed by atoms with E-state index < -0.39 is 35.5 Å². The van der Waals surface area contributed by atoms with E-state index in [9.17, 15) is 19.2 Å². The molecule has 8 heteroatoms. The van der Waals surface area contributed by atoms with Crippen molar-refractivity contribution in [3.8, 4) is 0 Å². The van der Waals surface area contributed by atoms with E-state index >= 15 is 0 Å². The van der Waals surface area contributed by atoms with Gasteiger partial charge in [0.25, 0.3) is 0 Å². The molecule has 0 saturated heterocycles. The van der Waals surface area contributed by atoms with E-state index in [1.165, 1.54) is 0 Å². The molecule has 8 N–H and O–H groups in total. The highest BCUT2D eigenvalue weighted by molar-refractivity contribution is 5.84. The minimum absolute atomic E-state index is 0.167. The second-order valence-electron chi connectivity index (χ2n) is 6.30. The van der Waals surface area contributed by atoms with Gasteiger partial charge in [-0.05, 0) is 36.8 Å². The third-order valence-corrected chi connectivity index (χ3v) is 4.23. The van der Waals surface area contributed by atoms with Gasteiger partial charge < -0.3 is 22.9 Å². The van der Waals surface area contributed by atoms with Gasteiger partial charge in [0.05, 0.1) is 11.8 Å². The molecule has 0 spiro atoms. The first kappa shape index (κ1) is 21.1. The third kappa shape index (κ3) is 6.92. The molecule has 0 aliphatic heterocycles. The molecule has 0 radical (unpaired) electrons. The standard InChI is InChI=1S/C18H26N4O4/c19-15(23)8-2-6-13(17(21)25)11-4-1-5-12(10-11)14(18(22)26)7-3-9-16(20)24/h1,4-5,10,13-14H,2-3,6-9H2,(H2,19,23)(H2,20,24)(H2,21,25)(H2,22,26). The highest BCUT2D eigenvalue weighted by atomic mass is 16.2. The van der Waals surface area contributed by atoms with Crippen LogP contribution in [-0.2, 0) is 19.2 Å². The Hall–Kier alpha value is -2.90. The molecular formula is C18H26N4O4. The minimum Gasteiger partial charge on any atom is -0.370 e. The third-order valence-electron chi connectivity index (χ3n) is 4.23. The van der Waals surface area contributed by atoms with E-state index in [0.29, 0.717) is 36.8 Å². The minimum atomic E-state index is -0.589. The lowest BCUT2D eigenvalue weighted by atomic mass is 9.87. The van der Waals surface area contributed by atoms with Crippen LogP contribution in [0.15, 0.2) is 24.3 Å². The van der Waals surface area contributed by atoms with Gasteiger partial charge >= 0.3 is 0 Å². The summed E-state index contributed by atoms with van der Waals surface area (Å²) in [5.41, 5.74) is 22.5. The van der Waals surface area contributed by atoms with Gasteiger partial charge in [0.1, 0.15) is 0 Å². The highest BCUT2D eigenvalue weighted by Crippen LogP contribution is 2.28. The fourth-order valence-electron chi connectivity index (χ4n) is 2.90. The van der Waals surface area contributed by atoms with E-state index in [1.807, 2.05) is 0 Å². The lowest BCUT2D eigenvalue weighted by Gasteiger charge is -2.18. The normalized spacial score (nSPS) is 12.9. The zero-order valence-corrected chi connectivity index (χ0v) is 14.6. The molecule has 2 atom stereocenters. The van der Waals surface area contributed by atoms with Crippen molar-refractivity contribution in [2.75, 3.05) is 0 Å². The van der Waals surface area contributed by atoms with Crippen molar-refractivity contribution < 1.29 is 19.2 Å². The summed E-state index contributed by atoms with van der Waals surface area (Å²) in [7, 11) is 0. The Morgan fingerprint density at radius 1 is 0.731 bits per heavy atom. The molecule has 0 heterocycles. The van der Waals surface area contributed by atoms with Gasteiger partial charge in [-0.3, -0.25) is 19.2 Å². The van der Waals surface area contributed by atoms with Crippen LogP contribution in [0.5, 0.6) is 0 Å². The summed E-state index contributed by atoms with van der Waals surface area (Å²) in [6.45, 7) is 0. The number of primary amides is 4. The molecule has 4 amide bonds. The number of hydrogen-bond acceptors (Lipinski definition) is 4. The van der Waals surface area contributed by atoms with E-state index in [2.05, 4.69) is 0 Å². The maximum absolute atomic E-state index is 11.8. The number of carbonyl (C=O) groups excluding carboxylic acids is 4. The molecule has 0 fully saturated rings. The van der Waals surface area contributed by atoms with Crippen LogP contribution < -0.4 is 22.9 Å². The molecule has 0 aliphatic carbocycles. The zero-order chi connectivity index (χ0) is 19.7. The Kier molecular flexibility index (Phi) is 8.27. The summed E-state index contributed by atoms with van der Waals surface area (Å²) in [5, 5.41) is 0. The van der Waals surface area contributed by atoms with E-state index in [0.717, 1.165) is 0 Å². The first-order chi connectivity index (χ1) is 12.2. The zero-order valence-electron chi connectivity index (χ0n) is 14.6. The smallest absolute Gasteiger partial charge is 0.224 e. The second-order valence-corrected chi connectivity index (χ2v) is 6.30. The maximum Gasteiger partial charge on any atom is 0.224 e. The molecule has 0 bridgehead atoms. The van der Waals surface area contributed by atoms with Gasteiger partial charge in [0.15, 0.2) is 0 Å². The van der Waals surface area contributed by atoms with Crippen LogP contribution in [0.1, 0.15) is 61.5 Å². The molecule has 142 valence electrons. The monoisotopic (exact) mass is 362 g/mol. The fourth-order valence-corrected chi connectivity index (χ4v) is 2.90. The topological polar surface area (TPSA) is 172 Å². The predicted molar refractivity (Wildman–Crippen MR) is 96.4 cm³/mol. The lowest BCUT2D eigenvalue weighted by molar-refractivity contribution is -0.121. The number of carbonyl (C=O) groups is 4. The van der Waals surface area contributed by atoms with Crippen LogP contribution in [0.4, 0.5) is 0 Å². The summed E-state index contributed by atoms with van der Waals surface area (Å²) in [6, 6.07) is 6.92. The van der Waals surface area contributed by atoms with Crippen molar-refractivity contribution >= 4 is 23.6 Å². The van der Waals surface area contributed by atoms with Crippen molar-refractivity contribution in [1.82, 2.24) is 0 Å². The second kappa shape index (κ2) is 10.2. The van der Waals surface area contributed by atoms with Crippen LogP contribution >= 0.6 is 0 Å². The van der Waals surface area contributed by atoms with Crippen LogP contribution in [0.3, 0.4) is 0 Å². The van der Waals surface area contributed by atoms with E-state index in [1.54, 1.807) is 24.3 Å². The van der Waals surface area contributed by atoms with Crippen molar-refractivity contribution in [2.24, 2.45) is 22.9 Å². The maximum atomic E-state index is 11.8. The molecule has 0 saturated carbocycles. The van der Waals surface area contributed by atoms with Gasteiger partial charge in [-0.15, -0.1) is 0 Å². The Bertz CT molecular complexity index is 622. The van der Waals surface area contributed by atoms with E-state index in [-0.39, 0.29) is 12.8 Å². The number of amides is 4. The first-order valence-electron chi connectivity index (χ1n) is 8.47. The fraction of sp³-hybridized carbons (Fsp3) is 0.444. The number of benzene rings is 1. The molecule has 8 nitrogen and oxygen atoms in total. The van der Waals surface area contributed by atoms with Crippen molar-refractivity contribution in [1.29, 1.82) is 0 Å². The van der Waals surface area contributed by atoms with Crippen LogP contribution in [0.25, 0.3) is 0 Å². The largest absolute Gasteiger partial charge is 0.370 e. The average molecular weight is 362 g/mol. The van der Waals surface area contributed by atoms with Crippen LogP contribution in [0.2, 0.25) is 0 Å². The SMILES string of the molecule is NC(=O)CCCC(C(N)=O)c1cccc(C(CCCC(N)=O)C(N)=O)c1. The first-order valence-corrected chi connectivity index (χ1v) is 8.47. The van der Waals surface area contributed by atoms with Gasteiger partial charge in [-0.2, -0.15) is 0 Å². The summed E-state index contributed by atoms with van der Waals surface area (Å²) >= 11 is 0. The predicted octanol–water partition coefficient (Wildman–Crippen LogP) is 0.136. The van der Waals surface area contributed by atoms with E-state index in [4.69, 9.17) is 22.9 Å². The molecule has 2 unspecified atom stereocenters. The van der Waals surface area contributed by atoms with Gasteiger partial charge in [0.2, 0.25) is 23.6 Å². The lowest BCUT2D eigenvalue weighted by Crippen LogP contribution is -2.24. The van der Waals surface area contributed by atoms with Crippen molar-refractivity contribution in [2.45, 2.75) is 50.4 Å². The van der Waals surface area contributed by atoms with Crippen molar-refractivity contribution in [3.05, 3.63) is 35.4 Å². The van der Waals surface area contributed by atoms with Gasteiger partial charge in [0, 0.05) is 12.8 Å². The van der Waals surface area contributed by atoms with Gasteiger partial charge in [-0.25, -0.2) is 0 Å². The Morgan fingerprint density at radius 3 is 1.42 bits per heavy atom. The molecule has 1 rings (SSSR count). The molecular weight excluding hydrogens is 336 g/mol. The summed E-state index contributed by atoms with van der Waals surface area (Å²) in [6.07, 6.45) is 1.96. The quantitative estimate of drug-likeness (QED) is 0.414. The molecule has 26 heavy (non-hydrogen) atoms.